The molecule has 0 amide bonds. The van der Waals surface area contributed by atoms with Crippen molar-refractivity contribution in [2.45, 2.75) is 18.4 Å². The molecule has 19 heavy (non-hydrogen) atoms. The average Bonchev–Trinajstić information content (AvgIpc) is 2.39. The van der Waals surface area contributed by atoms with E-state index in [0.29, 0.717) is 5.69 Å². The van der Waals surface area contributed by atoms with Crippen LogP contribution in [0.4, 0.5) is 5.69 Å². The Balaban J connectivity index is 2.34. The van der Waals surface area contributed by atoms with Crippen LogP contribution in [0.15, 0.2) is 53.4 Å². The summed E-state index contributed by atoms with van der Waals surface area (Å²) in [7, 11) is -3.57. The van der Waals surface area contributed by atoms with Gasteiger partial charge in [-0.2, -0.15) is 0 Å². The molecule has 2 aromatic rings. The Hall–Kier alpha value is -1.85. The van der Waals surface area contributed by atoms with E-state index >= 15 is 0 Å². The lowest BCUT2D eigenvalue weighted by Crippen LogP contribution is -2.15. The van der Waals surface area contributed by atoms with Crippen LogP contribution in [0.3, 0.4) is 0 Å². The van der Waals surface area contributed by atoms with E-state index < -0.39 is 10.0 Å². The molecule has 0 radical (unpaired) electrons. The zero-order chi connectivity index (χ0) is 13.9. The number of hydrogen-bond acceptors (Lipinski definition) is 3. The zero-order valence-electron chi connectivity index (χ0n) is 10.6. The molecule has 0 aliphatic heterocycles. The minimum Gasteiger partial charge on any atom is -0.326 e. The topological polar surface area (TPSA) is 72.2 Å². The van der Waals surface area contributed by atoms with Crippen LogP contribution in [0.5, 0.6) is 0 Å². The number of sulfonamides is 1. The number of benzene rings is 2. The highest BCUT2D eigenvalue weighted by Crippen LogP contribution is 2.19. The third-order valence-corrected chi connectivity index (χ3v) is 4.19. The Morgan fingerprint density at radius 2 is 1.68 bits per heavy atom. The molecule has 2 rings (SSSR count). The fourth-order valence-corrected chi connectivity index (χ4v) is 2.82. The maximum atomic E-state index is 12.2. The molecule has 0 saturated heterocycles. The van der Waals surface area contributed by atoms with Crippen LogP contribution >= 0.6 is 0 Å². The number of nitrogens with two attached hydrogens (primary N) is 1. The molecular formula is C14H16N2O2S. The Morgan fingerprint density at radius 1 is 1.05 bits per heavy atom. The van der Waals surface area contributed by atoms with Crippen molar-refractivity contribution in [3.63, 3.8) is 0 Å². The number of anilines is 1. The monoisotopic (exact) mass is 276 g/mol. The van der Waals surface area contributed by atoms with Crippen molar-refractivity contribution in [3.8, 4) is 0 Å². The summed E-state index contributed by atoms with van der Waals surface area (Å²) in [6.07, 6.45) is 0. The van der Waals surface area contributed by atoms with E-state index in [1.807, 2.05) is 13.0 Å². The number of nitrogens with one attached hydrogen (secondary N) is 1. The van der Waals surface area contributed by atoms with Crippen molar-refractivity contribution < 1.29 is 8.42 Å². The van der Waals surface area contributed by atoms with Gasteiger partial charge in [-0.15, -0.1) is 0 Å². The van der Waals surface area contributed by atoms with Crippen LogP contribution in [0, 0.1) is 6.92 Å². The minimum absolute atomic E-state index is 0.241. The van der Waals surface area contributed by atoms with E-state index in [1.165, 1.54) is 0 Å². The van der Waals surface area contributed by atoms with Crippen molar-refractivity contribution in [1.29, 1.82) is 0 Å². The van der Waals surface area contributed by atoms with Gasteiger partial charge in [0.05, 0.1) is 10.6 Å². The normalized spacial score (nSPS) is 11.3. The Morgan fingerprint density at radius 3 is 2.32 bits per heavy atom. The van der Waals surface area contributed by atoms with E-state index in [-0.39, 0.29) is 11.4 Å². The lowest BCUT2D eigenvalue weighted by Gasteiger charge is -2.11. The summed E-state index contributed by atoms with van der Waals surface area (Å²) in [6, 6.07) is 13.8. The fourth-order valence-electron chi connectivity index (χ4n) is 1.72. The average molecular weight is 276 g/mol. The van der Waals surface area contributed by atoms with Crippen LogP contribution in [0.1, 0.15) is 11.1 Å². The second kappa shape index (κ2) is 5.42. The van der Waals surface area contributed by atoms with Gasteiger partial charge in [0, 0.05) is 6.54 Å². The molecule has 0 aliphatic rings. The first-order valence-electron chi connectivity index (χ1n) is 5.90. The highest BCUT2D eigenvalue weighted by Gasteiger charge is 2.15. The lowest BCUT2D eigenvalue weighted by molar-refractivity contribution is 0.601. The summed E-state index contributed by atoms with van der Waals surface area (Å²) < 4.78 is 27.0. The SMILES string of the molecule is Cc1ccc(S(=O)(=O)Nc2ccccc2CN)cc1. The van der Waals surface area contributed by atoms with Crippen molar-refractivity contribution in [1.82, 2.24) is 0 Å². The minimum atomic E-state index is -3.57. The molecule has 4 nitrogen and oxygen atoms in total. The molecule has 0 atom stereocenters. The highest BCUT2D eigenvalue weighted by atomic mass is 32.2. The molecule has 0 aromatic heterocycles. The molecule has 0 fully saturated rings. The number of aryl methyl sites for hydroxylation is 1. The summed E-state index contributed by atoms with van der Waals surface area (Å²) in [5.41, 5.74) is 7.89. The lowest BCUT2D eigenvalue weighted by atomic mass is 10.2. The van der Waals surface area contributed by atoms with Gasteiger partial charge in [-0.1, -0.05) is 35.9 Å². The van der Waals surface area contributed by atoms with Crippen molar-refractivity contribution in [3.05, 3.63) is 59.7 Å². The molecule has 5 heteroatoms. The number of hydrogen-bond donors (Lipinski definition) is 2. The van der Waals surface area contributed by atoms with E-state index in [1.54, 1.807) is 42.5 Å². The zero-order valence-corrected chi connectivity index (χ0v) is 11.4. The molecular weight excluding hydrogens is 260 g/mol. The van der Waals surface area contributed by atoms with Gasteiger partial charge in [0.1, 0.15) is 0 Å². The molecule has 0 aliphatic carbocycles. The first-order chi connectivity index (χ1) is 9.03. The molecule has 0 spiro atoms. The van der Waals surface area contributed by atoms with Crippen LogP contribution in [-0.2, 0) is 16.6 Å². The smallest absolute Gasteiger partial charge is 0.261 e. The van der Waals surface area contributed by atoms with Gasteiger partial charge in [0.15, 0.2) is 0 Å². The quantitative estimate of drug-likeness (QED) is 0.899. The van der Waals surface area contributed by atoms with E-state index in [9.17, 15) is 8.42 Å². The number of para-hydroxylation sites is 1. The Kier molecular flexibility index (Phi) is 3.87. The second-order valence-corrected chi connectivity index (χ2v) is 5.96. The van der Waals surface area contributed by atoms with Gasteiger partial charge < -0.3 is 5.73 Å². The fraction of sp³-hybridized carbons (Fsp3) is 0.143. The first kappa shape index (κ1) is 13.6. The summed E-state index contributed by atoms with van der Waals surface area (Å²) in [5.74, 6) is 0. The molecule has 0 bridgehead atoms. The van der Waals surface area contributed by atoms with Crippen LogP contribution in [-0.4, -0.2) is 8.42 Å². The summed E-state index contributed by atoms with van der Waals surface area (Å²) in [6.45, 7) is 2.19. The number of rotatable bonds is 4. The molecule has 100 valence electrons. The summed E-state index contributed by atoms with van der Waals surface area (Å²) in [4.78, 5) is 0.241. The highest BCUT2D eigenvalue weighted by molar-refractivity contribution is 7.92. The first-order valence-corrected chi connectivity index (χ1v) is 7.39. The molecule has 0 saturated carbocycles. The van der Waals surface area contributed by atoms with Gasteiger partial charge in [0.25, 0.3) is 10.0 Å². The second-order valence-electron chi connectivity index (χ2n) is 4.28. The van der Waals surface area contributed by atoms with Gasteiger partial charge >= 0.3 is 0 Å². The maximum Gasteiger partial charge on any atom is 0.261 e. The molecule has 2 aromatic carbocycles. The molecule has 3 N–H and O–H groups in total. The van der Waals surface area contributed by atoms with E-state index in [4.69, 9.17) is 5.73 Å². The van der Waals surface area contributed by atoms with Gasteiger partial charge in [-0.25, -0.2) is 8.42 Å². The van der Waals surface area contributed by atoms with E-state index in [2.05, 4.69) is 4.72 Å². The van der Waals surface area contributed by atoms with Crippen LogP contribution in [0.25, 0.3) is 0 Å². The largest absolute Gasteiger partial charge is 0.326 e. The predicted molar refractivity (Wildman–Crippen MR) is 76.3 cm³/mol. The molecule has 0 heterocycles. The van der Waals surface area contributed by atoms with Gasteiger partial charge in [-0.3, -0.25) is 4.72 Å². The van der Waals surface area contributed by atoms with Crippen molar-refractivity contribution >= 4 is 15.7 Å². The van der Waals surface area contributed by atoms with Gasteiger partial charge in [0.2, 0.25) is 0 Å². The van der Waals surface area contributed by atoms with Crippen molar-refractivity contribution in [2.75, 3.05) is 4.72 Å². The summed E-state index contributed by atoms with van der Waals surface area (Å²) in [5, 5.41) is 0. The predicted octanol–water partition coefficient (Wildman–Crippen LogP) is 2.25. The maximum absolute atomic E-state index is 12.2. The van der Waals surface area contributed by atoms with Crippen LogP contribution in [0.2, 0.25) is 0 Å². The van der Waals surface area contributed by atoms with Gasteiger partial charge in [-0.05, 0) is 30.7 Å². The Bertz CT molecular complexity index is 664. The standard InChI is InChI=1S/C14H16N2O2S/c1-11-6-8-13(9-7-11)19(17,18)16-14-5-3-2-4-12(14)10-15/h2-9,16H,10,15H2,1H3. The van der Waals surface area contributed by atoms with Crippen LogP contribution < -0.4 is 10.5 Å². The summed E-state index contributed by atoms with van der Waals surface area (Å²) >= 11 is 0. The Labute approximate surface area is 113 Å². The van der Waals surface area contributed by atoms with E-state index in [0.717, 1.165) is 11.1 Å². The molecule has 0 unspecified atom stereocenters. The third-order valence-electron chi connectivity index (χ3n) is 2.81. The third kappa shape index (κ3) is 3.13. The van der Waals surface area contributed by atoms with Crippen molar-refractivity contribution in [2.24, 2.45) is 5.73 Å².